The minimum absolute atomic E-state index is 0. The van der Waals surface area contributed by atoms with E-state index in [1.165, 1.54) is 0 Å². The molecule has 119 valence electrons. The van der Waals surface area contributed by atoms with Crippen LogP contribution in [-0.4, -0.2) is 14.3 Å². The zero-order chi connectivity index (χ0) is 16.0. The fourth-order valence-corrected chi connectivity index (χ4v) is 2.91. The molecule has 0 bridgehead atoms. The summed E-state index contributed by atoms with van der Waals surface area (Å²) in [4.78, 5) is 12.7. The third kappa shape index (κ3) is 2.76. The minimum atomic E-state index is -0.0759. The average molecular weight is 395 g/mol. The first kappa shape index (κ1) is 17.1. The van der Waals surface area contributed by atoms with Gasteiger partial charge in [0.1, 0.15) is 11.3 Å². The molecule has 4 rings (SSSR count). The van der Waals surface area contributed by atoms with E-state index < -0.39 is 0 Å². The summed E-state index contributed by atoms with van der Waals surface area (Å²) in [6.45, 7) is 4.61. The first-order valence-corrected chi connectivity index (χ1v) is 7.53. The number of benzene rings is 1. The van der Waals surface area contributed by atoms with Gasteiger partial charge in [0.15, 0.2) is 0 Å². The Hall–Kier alpha value is -1.72. The standard InChI is InChI=1S/C18H16N3O2.Y/c1-3-7-21-16-5-4-14(10-13(16)11-19-21)20-8-6-17-15(18(20)22)9-12(2)23-17;/h3-6,8-11H,7H2,1-2H3;/q-1;. The van der Waals surface area contributed by atoms with Crippen LogP contribution in [0.15, 0.2) is 51.9 Å². The summed E-state index contributed by atoms with van der Waals surface area (Å²) in [5.41, 5.74) is 2.42. The number of furan rings is 1. The van der Waals surface area contributed by atoms with Crippen LogP contribution in [0.4, 0.5) is 0 Å². The van der Waals surface area contributed by atoms with Crippen LogP contribution in [0.1, 0.15) is 12.7 Å². The largest absolute Gasteiger partial charge is 0.461 e. The Labute approximate surface area is 164 Å². The molecule has 24 heavy (non-hydrogen) atoms. The van der Waals surface area contributed by atoms with Crippen LogP contribution >= 0.6 is 0 Å². The maximum atomic E-state index is 12.7. The Morgan fingerprint density at radius 2 is 2.08 bits per heavy atom. The number of nitrogens with zero attached hydrogens (tertiary/aromatic N) is 3. The topological polar surface area (TPSA) is 53.0 Å². The van der Waals surface area contributed by atoms with E-state index in [9.17, 15) is 4.79 Å². The predicted octanol–water partition coefficient (Wildman–Crippen LogP) is 3.46. The van der Waals surface area contributed by atoms with E-state index in [2.05, 4.69) is 11.5 Å². The molecule has 5 nitrogen and oxygen atoms in total. The van der Waals surface area contributed by atoms with Gasteiger partial charge in [-0.15, -0.1) is 0 Å². The number of hydrogen-bond acceptors (Lipinski definition) is 3. The first-order valence-electron chi connectivity index (χ1n) is 7.53. The summed E-state index contributed by atoms with van der Waals surface area (Å²) in [5, 5.41) is 5.99. The van der Waals surface area contributed by atoms with Gasteiger partial charge in [0.05, 0.1) is 17.1 Å². The third-order valence-corrected chi connectivity index (χ3v) is 3.97. The molecular formula is C18H16N3O2Y-. The Morgan fingerprint density at radius 1 is 1.25 bits per heavy atom. The molecule has 3 heterocycles. The third-order valence-electron chi connectivity index (χ3n) is 3.97. The van der Waals surface area contributed by atoms with Gasteiger partial charge in [-0.05, 0) is 37.3 Å². The summed E-state index contributed by atoms with van der Waals surface area (Å²) in [5.74, 6) is 0.738. The molecule has 0 saturated heterocycles. The molecule has 0 saturated carbocycles. The Bertz CT molecular complexity index is 1070. The minimum Gasteiger partial charge on any atom is -0.461 e. The first-order chi connectivity index (χ1) is 11.2. The van der Waals surface area contributed by atoms with Crippen LogP contribution in [0.2, 0.25) is 0 Å². The van der Waals surface area contributed by atoms with Gasteiger partial charge >= 0.3 is 0 Å². The van der Waals surface area contributed by atoms with Crippen LogP contribution in [0, 0.1) is 13.3 Å². The number of rotatable bonds is 3. The van der Waals surface area contributed by atoms with Crippen LogP contribution in [0.25, 0.3) is 27.6 Å². The molecule has 0 N–H and O–H groups in total. The van der Waals surface area contributed by atoms with Gasteiger partial charge in [0, 0.05) is 50.0 Å². The number of pyridine rings is 1. The van der Waals surface area contributed by atoms with E-state index in [-0.39, 0.29) is 38.3 Å². The normalized spacial score (nSPS) is 11.1. The Kier molecular flexibility index (Phi) is 4.74. The van der Waals surface area contributed by atoms with Gasteiger partial charge in [-0.1, -0.05) is 6.54 Å². The number of aryl methyl sites for hydroxylation is 1. The van der Waals surface area contributed by atoms with E-state index in [0.717, 1.165) is 28.9 Å². The SMILES string of the molecule is C[CH-]Cn1ncc2cc(-n3ccc4oc(C)cc4c3=O)ccc21.[Y]. The summed E-state index contributed by atoms with van der Waals surface area (Å²) in [6, 6.07) is 9.52. The summed E-state index contributed by atoms with van der Waals surface area (Å²) in [6.07, 6.45) is 5.63. The van der Waals surface area contributed by atoms with Crippen molar-refractivity contribution >= 4 is 21.9 Å². The molecule has 1 radical (unpaired) electrons. The van der Waals surface area contributed by atoms with E-state index in [1.54, 1.807) is 16.8 Å². The average Bonchev–Trinajstić information content (AvgIpc) is 3.11. The molecule has 6 heteroatoms. The number of hydrogen-bond donors (Lipinski definition) is 0. The van der Waals surface area contributed by atoms with E-state index in [1.807, 2.05) is 49.0 Å². The van der Waals surface area contributed by atoms with E-state index in [0.29, 0.717) is 11.0 Å². The monoisotopic (exact) mass is 395 g/mol. The molecule has 3 aromatic heterocycles. The molecule has 0 aliphatic carbocycles. The maximum Gasteiger partial charge on any atom is 0.266 e. The molecule has 0 spiro atoms. The summed E-state index contributed by atoms with van der Waals surface area (Å²) in [7, 11) is 0. The number of aromatic nitrogens is 3. The molecule has 0 amide bonds. The Morgan fingerprint density at radius 3 is 2.88 bits per heavy atom. The Balaban J connectivity index is 0.00000169. The van der Waals surface area contributed by atoms with Gasteiger partial charge < -0.3 is 10.8 Å². The fourth-order valence-electron chi connectivity index (χ4n) is 2.91. The van der Waals surface area contributed by atoms with Gasteiger partial charge in [-0.25, -0.2) is 0 Å². The quantitative estimate of drug-likeness (QED) is 0.500. The molecule has 0 unspecified atom stereocenters. The van der Waals surface area contributed by atoms with Crippen molar-refractivity contribution < 1.29 is 37.1 Å². The van der Waals surface area contributed by atoms with Crippen molar-refractivity contribution in [3.63, 3.8) is 0 Å². The zero-order valence-corrected chi connectivity index (χ0v) is 16.4. The van der Waals surface area contributed by atoms with Gasteiger partial charge in [0.25, 0.3) is 5.56 Å². The second-order valence-corrected chi connectivity index (χ2v) is 5.60. The molecule has 0 aliphatic rings. The number of fused-ring (bicyclic) bond motifs is 2. The van der Waals surface area contributed by atoms with Crippen molar-refractivity contribution in [3.05, 3.63) is 65.3 Å². The van der Waals surface area contributed by atoms with Crippen LogP contribution < -0.4 is 5.56 Å². The predicted molar refractivity (Wildman–Crippen MR) is 89.8 cm³/mol. The van der Waals surface area contributed by atoms with Crippen molar-refractivity contribution in [2.24, 2.45) is 0 Å². The molecule has 0 aliphatic heterocycles. The second kappa shape index (κ2) is 6.65. The molecular weight excluding hydrogens is 379 g/mol. The molecule has 4 aromatic rings. The van der Waals surface area contributed by atoms with Gasteiger partial charge in [0.2, 0.25) is 0 Å². The molecule has 0 atom stereocenters. The van der Waals surface area contributed by atoms with Crippen molar-refractivity contribution in [1.82, 2.24) is 14.3 Å². The van der Waals surface area contributed by atoms with Crippen LogP contribution in [0.3, 0.4) is 0 Å². The maximum absolute atomic E-state index is 12.7. The van der Waals surface area contributed by atoms with Crippen LogP contribution in [0.5, 0.6) is 0 Å². The van der Waals surface area contributed by atoms with Crippen LogP contribution in [-0.2, 0) is 39.3 Å². The fraction of sp³-hybridized carbons (Fsp3) is 0.167. The van der Waals surface area contributed by atoms with E-state index >= 15 is 0 Å². The summed E-state index contributed by atoms with van der Waals surface area (Å²) >= 11 is 0. The van der Waals surface area contributed by atoms with E-state index in [4.69, 9.17) is 4.42 Å². The van der Waals surface area contributed by atoms with Crippen molar-refractivity contribution in [3.8, 4) is 5.69 Å². The molecule has 0 fully saturated rings. The second-order valence-electron chi connectivity index (χ2n) is 5.60. The van der Waals surface area contributed by atoms with Crippen molar-refractivity contribution in [2.45, 2.75) is 20.4 Å². The smallest absolute Gasteiger partial charge is 0.266 e. The summed E-state index contributed by atoms with van der Waals surface area (Å²) < 4.78 is 9.08. The zero-order valence-electron chi connectivity index (χ0n) is 13.6. The molecule has 1 aromatic carbocycles. The van der Waals surface area contributed by atoms with Gasteiger partial charge in [-0.3, -0.25) is 14.0 Å². The van der Waals surface area contributed by atoms with Crippen molar-refractivity contribution in [1.29, 1.82) is 0 Å². The van der Waals surface area contributed by atoms with Crippen molar-refractivity contribution in [2.75, 3.05) is 0 Å². The van der Waals surface area contributed by atoms with Gasteiger partial charge in [-0.2, -0.15) is 12.0 Å².